The number of anilines is 2. The summed E-state index contributed by atoms with van der Waals surface area (Å²) in [4.78, 5) is 4.43. The lowest BCUT2D eigenvalue weighted by molar-refractivity contribution is -0.195. The van der Waals surface area contributed by atoms with Gasteiger partial charge in [-0.1, -0.05) is 24.3 Å². The van der Waals surface area contributed by atoms with Crippen molar-refractivity contribution in [1.82, 2.24) is 0 Å². The third-order valence-electron chi connectivity index (χ3n) is 9.30. The minimum absolute atomic E-state index is 0.420. The highest BCUT2D eigenvalue weighted by Gasteiger charge is 2.88. The van der Waals surface area contributed by atoms with Crippen LogP contribution in [0.5, 0.6) is 0 Å². The fraction of sp³-hybridized carbons (Fsp3) is 0.538. The Hall–Kier alpha value is -1.96. The van der Waals surface area contributed by atoms with Crippen molar-refractivity contribution in [3.05, 3.63) is 59.7 Å². The van der Waals surface area contributed by atoms with Gasteiger partial charge in [0.1, 0.15) is 0 Å². The molecule has 146 valence electrons. The van der Waals surface area contributed by atoms with Crippen molar-refractivity contribution in [2.24, 2.45) is 23.7 Å². The predicted octanol–water partition coefficient (Wildman–Crippen LogP) is 5.07. The van der Waals surface area contributed by atoms with Gasteiger partial charge in [0.15, 0.2) is 0 Å². The van der Waals surface area contributed by atoms with E-state index in [1.54, 1.807) is 11.1 Å². The molecule has 2 aromatic carbocycles. The van der Waals surface area contributed by atoms with E-state index in [-0.39, 0.29) is 0 Å². The molecule has 6 rings (SSSR count). The van der Waals surface area contributed by atoms with Gasteiger partial charge in [-0.2, -0.15) is 0 Å². The number of benzene rings is 2. The molecule has 4 aliphatic rings. The largest absolute Gasteiger partial charge is 0.378 e. The van der Waals surface area contributed by atoms with E-state index in [9.17, 15) is 0 Å². The fourth-order valence-corrected chi connectivity index (χ4v) is 8.69. The topological polar surface area (TPSA) is 6.48 Å². The Labute approximate surface area is 169 Å². The lowest BCUT2D eigenvalue weighted by Gasteiger charge is -2.78. The molecular formula is C26H32N2. The monoisotopic (exact) mass is 372 g/mol. The molecule has 0 radical (unpaired) electrons. The summed E-state index contributed by atoms with van der Waals surface area (Å²) in [6.45, 7) is 0. The minimum Gasteiger partial charge on any atom is -0.378 e. The van der Waals surface area contributed by atoms with Crippen molar-refractivity contribution >= 4 is 11.4 Å². The van der Waals surface area contributed by atoms with Gasteiger partial charge in [-0.3, -0.25) is 0 Å². The van der Waals surface area contributed by atoms with Gasteiger partial charge in [-0.05, 0) is 84.7 Å². The van der Waals surface area contributed by atoms with E-state index in [0.717, 1.165) is 23.7 Å². The van der Waals surface area contributed by atoms with Gasteiger partial charge in [0, 0.05) is 50.4 Å². The second-order valence-electron chi connectivity index (χ2n) is 10.2. The van der Waals surface area contributed by atoms with E-state index < -0.39 is 0 Å². The number of rotatable bonds is 4. The van der Waals surface area contributed by atoms with Crippen LogP contribution in [0.3, 0.4) is 0 Å². The first kappa shape index (κ1) is 16.9. The van der Waals surface area contributed by atoms with Gasteiger partial charge in [0.25, 0.3) is 0 Å². The zero-order valence-corrected chi connectivity index (χ0v) is 17.7. The Bertz CT molecular complexity index is 811. The molecule has 0 aliphatic heterocycles. The van der Waals surface area contributed by atoms with Gasteiger partial charge >= 0.3 is 0 Å². The Morgan fingerprint density at radius 2 is 0.821 bits per heavy atom. The van der Waals surface area contributed by atoms with Gasteiger partial charge in [0.05, 0.1) is 0 Å². The Balaban J connectivity index is 1.49. The van der Waals surface area contributed by atoms with Crippen LogP contribution in [0.15, 0.2) is 48.5 Å². The van der Waals surface area contributed by atoms with E-state index >= 15 is 0 Å². The first-order valence-corrected chi connectivity index (χ1v) is 11.1. The lowest BCUT2D eigenvalue weighted by atomic mass is 9.24. The molecule has 2 aromatic rings. The van der Waals surface area contributed by atoms with Gasteiger partial charge < -0.3 is 9.80 Å². The number of hydrogen-bond donors (Lipinski definition) is 0. The van der Waals surface area contributed by atoms with Gasteiger partial charge in [-0.25, -0.2) is 0 Å². The molecule has 4 atom stereocenters. The molecule has 4 aliphatic carbocycles. The van der Waals surface area contributed by atoms with Gasteiger partial charge in [0.2, 0.25) is 0 Å². The molecular weight excluding hydrogens is 340 g/mol. The number of nitrogens with zero attached hydrogens (tertiary/aromatic N) is 2. The highest BCUT2D eigenvalue weighted by molar-refractivity contribution is 5.61. The van der Waals surface area contributed by atoms with Crippen molar-refractivity contribution in [3.63, 3.8) is 0 Å². The summed E-state index contributed by atoms with van der Waals surface area (Å²) in [5.74, 6) is 3.65. The average molecular weight is 373 g/mol. The van der Waals surface area contributed by atoms with Crippen molar-refractivity contribution < 1.29 is 0 Å². The second kappa shape index (κ2) is 5.34. The van der Waals surface area contributed by atoms with Crippen molar-refractivity contribution in [1.29, 1.82) is 0 Å². The minimum atomic E-state index is 0.420. The van der Waals surface area contributed by atoms with E-state index in [1.807, 2.05) is 0 Å². The summed E-state index contributed by atoms with van der Waals surface area (Å²) in [5, 5.41) is 0. The van der Waals surface area contributed by atoms with E-state index in [1.165, 1.54) is 37.1 Å². The average Bonchev–Trinajstić information content (AvgIpc) is 2.99. The van der Waals surface area contributed by atoms with Crippen LogP contribution in [-0.2, 0) is 10.8 Å². The number of fused-ring (bicyclic) bond motifs is 2. The predicted molar refractivity (Wildman–Crippen MR) is 117 cm³/mol. The normalized spacial score (nSPS) is 39.1. The van der Waals surface area contributed by atoms with Crippen LogP contribution in [0, 0.1) is 23.7 Å². The van der Waals surface area contributed by atoms with Crippen LogP contribution < -0.4 is 9.80 Å². The summed E-state index contributed by atoms with van der Waals surface area (Å²) in [5.41, 5.74) is 6.74. The van der Waals surface area contributed by atoms with Crippen molar-refractivity contribution in [2.75, 3.05) is 38.0 Å². The van der Waals surface area contributed by atoms with E-state index in [2.05, 4.69) is 86.5 Å². The molecule has 0 saturated heterocycles. The van der Waals surface area contributed by atoms with E-state index in [4.69, 9.17) is 0 Å². The molecule has 0 spiro atoms. The first-order chi connectivity index (χ1) is 13.5. The maximum atomic E-state index is 2.47. The zero-order valence-electron chi connectivity index (χ0n) is 17.7. The molecule has 0 heterocycles. The highest BCUT2D eigenvalue weighted by Crippen LogP contribution is 2.89. The Morgan fingerprint density at radius 3 is 1.07 bits per heavy atom. The van der Waals surface area contributed by atoms with Crippen molar-refractivity contribution in [3.8, 4) is 0 Å². The Kier molecular flexibility index (Phi) is 3.23. The summed E-state index contributed by atoms with van der Waals surface area (Å²) in [6.07, 6.45) is 5.83. The number of hydrogen-bond acceptors (Lipinski definition) is 2. The van der Waals surface area contributed by atoms with Crippen LogP contribution in [-0.4, -0.2) is 28.2 Å². The maximum Gasteiger partial charge on any atom is 0.0361 e. The molecule has 2 heteroatoms. The Morgan fingerprint density at radius 1 is 0.536 bits per heavy atom. The van der Waals surface area contributed by atoms with Crippen LogP contribution in [0.1, 0.15) is 36.8 Å². The summed E-state index contributed by atoms with van der Waals surface area (Å²) in [6, 6.07) is 19.3. The molecule has 28 heavy (non-hydrogen) atoms. The molecule has 0 N–H and O–H groups in total. The molecule has 2 nitrogen and oxygen atoms in total. The first-order valence-electron chi connectivity index (χ1n) is 11.1. The highest BCUT2D eigenvalue weighted by atomic mass is 15.1. The quantitative estimate of drug-likeness (QED) is 0.739. The molecule has 0 amide bonds. The summed E-state index contributed by atoms with van der Waals surface area (Å²) >= 11 is 0. The maximum absolute atomic E-state index is 2.47. The standard InChI is InChI=1S/C26H32N2/c1-27(2)19-9-5-17(6-10-19)25-21-13-14-22(25)24-16-15-23(21)26(24,25)18-7-11-20(12-8-18)28(3)4/h5-12,21-24H,13-16H2,1-4H3. The van der Waals surface area contributed by atoms with Crippen molar-refractivity contribution in [2.45, 2.75) is 36.5 Å². The fourth-order valence-electron chi connectivity index (χ4n) is 8.69. The molecule has 4 unspecified atom stereocenters. The van der Waals surface area contributed by atoms with E-state index in [0.29, 0.717) is 10.8 Å². The molecule has 0 bridgehead atoms. The lowest BCUT2D eigenvalue weighted by Crippen LogP contribution is -2.80. The SMILES string of the molecule is CN(C)c1ccc(C23C4CCC2C2CCC4C23c2ccc(N(C)C)cc2)cc1. The van der Waals surface area contributed by atoms with Gasteiger partial charge in [-0.15, -0.1) is 0 Å². The smallest absolute Gasteiger partial charge is 0.0361 e. The summed E-state index contributed by atoms with van der Waals surface area (Å²) < 4.78 is 0. The second-order valence-corrected chi connectivity index (χ2v) is 10.2. The summed E-state index contributed by atoms with van der Waals surface area (Å²) in [7, 11) is 8.56. The van der Waals surface area contributed by atoms with Crippen LogP contribution >= 0.6 is 0 Å². The molecule has 4 saturated carbocycles. The third-order valence-corrected chi connectivity index (χ3v) is 9.30. The van der Waals surface area contributed by atoms with Crippen LogP contribution in [0.2, 0.25) is 0 Å². The third kappa shape index (κ3) is 1.61. The zero-order chi connectivity index (χ0) is 19.3. The molecule has 4 fully saturated rings. The molecule has 0 aromatic heterocycles. The van der Waals surface area contributed by atoms with Crippen LogP contribution in [0.4, 0.5) is 11.4 Å². The van der Waals surface area contributed by atoms with Crippen LogP contribution in [0.25, 0.3) is 0 Å².